The van der Waals surface area contributed by atoms with Gasteiger partial charge in [-0.15, -0.1) is 0 Å². The van der Waals surface area contributed by atoms with Crippen LogP contribution in [0.25, 0.3) is 0 Å². The average molecular weight is 242 g/mol. The second-order valence-electron chi connectivity index (χ2n) is 1.80. The van der Waals surface area contributed by atoms with Crippen LogP contribution in [0.3, 0.4) is 0 Å². The van der Waals surface area contributed by atoms with E-state index in [0.29, 0.717) is 0 Å². The third-order valence-electron chi connectivity index (χ3n) is 0.987. The highest BCUT2D eigenvalue weighted by molar-refractivity contribution is 9.10. The van der Waals surface area contributed by atoms with Crippen molar-refractivity contribution >= 4 is 15.9 Å². The molecule has 0 radical (unpaired) electrons. The zero-order chi connectivity index (χ0) is 9.14. The fourth-order valence-electron chi connectivity index (χ4n) is 0.558. The summed E-state index contributed by atoms with van der Waals surface area (Å²) in [6.07, 6.45) is 0. The van der Waals surface area contributed by atoms with Gasteiger partial charge in [-0.2, -0.15) is 8.78 Å². The summed E-state index contributed by atoms with van der Waals surface area (Å²) in [6, 6.07) is 2.00. The second kappa shape index (κ2) is 3.75. The van der Waals surface area contributed by atoms with Gasteiger partial charge in [0.15, 0.2) is 5.82 Å². The van der Waals surface area contributed by atoms with Crippen LogP contribution in [-0.4, -0.2) is 11.6 Å². The smallest absolute Gasteiger partial charge is 0.388 e. The van der Waals surface area contributed by atoms with E-state index in [4.69, 9.17) is 0 Å². The Morgan fingerprint density at radius 2 is 2.08 bits per heavy atom. The third-order valence-corrected chi connectivity index (χ3v) is 1.54. The van der Waals surface area contributed by atoms with E-state index >= 15 is 0 Å². The van der Waals surface area contributed by atoms with E-state index in [1.54, 1.807) is 0 Å². The largest absolute Gasteiger partial charge is 0.417 e. The Labute approximate surface area is 74.5 Å². The van der Waals surface area contributed by atoms with Gasteiger partial charge in [-0.1, -0.05) is 0 Å². The maximum Gasteiger partial charge on any atom is 0.388 e. The monoisotopic (exact) mass is 241 g/mol. The number of aromatic nitrogens is 1. The predicted molar refractivity (Wildman–Crippen MR) is 38.5 cm³/mol. The number of ether oxygens (including phenoxy) is 1. The Balaban J connectivity index is 2.82. The highest BCUT2D eigenvalue weighted by Gasteiger charge is 2.07. The lowest BCUT2D eigenvalue weighted by Gasteiger charge is -2.02. The zero-order valence-electron chi connectivity index (χ0n) is 5.60. The zero-order valence-corrected chi connectivity index (χ0v) is 7.19. The van der Waals surface area contributed by atoms with Gasteiger partial charge in [0.2, 0.25) is 5.88 Å². The molecule has 0 bridgehead atoms. The van der Waals surface area contributed by atoms with Crippen molar-refractivity contribution in [1.29, 1.82) is 0 Å². The quantitative estimate of drug-likeness (QED) is 0.743. The summed E-state index contributed by atoms with van der Waals surface area (Å²) >= 11 is 2.72. The standard InChI is InChI=1S/C6H3BrF3NO/c7-5-3(8)1-2-4(11-5)12-6(9)10/h1-2,6H. The Bertz CT molecular complexity index is 281. The molecule has 2 nitrogen and oxygen atoms in total. The van der Waals surface area contributed by atoms with Gasteiger partial charge in [0.25, 0.3) is 0 Å². The lowest BCUT2D eigenvalue weighted by Crippen LogP contribution is -2.03. The summed E-state index contributed by atoms with van der Waals surface area (Å²) in [5, 5.41) is 0. The number of alkyl halides is 2. The van der Waals surface area contributed by atoms with E-state index in [2.05, 4.69) is 25.7 Å². The first-order valence-corrected chi connectivity index (χ1v) is 3.66. The van der Waals surface area contributed by atoms with Gasteiger partial charge >= 0.3 is 6.61 Å². The summed E-state index contributed by atoms with van der Waals surface area (Å²) < 4.78 is 39.4. The van der Waals surface area contributed by atoms with Crippen LogP contribution in [-0.2, 0) is 0 Å². The van der Waals surface area contributed by atoms with Crippen molar-refractivity contribution in [3.8, 4) is 5.88 Å². The van der Waals surface area contributed by atoms with Gasteiger partial charge in [-0.3, -0.25) is 0 Å². The molecule has 0 saturated heterocycles. The van der Waals surface area contributed by atoms with Gasteiger partial charge in [0.05, 0.1) is 0 Å². The lowest BCUT2D eigenvalue weighted by molar-refractivity contribution is -0.0530. The summed E-state index contributed by atoms with van der Waals surface area (Å²) in [5.74, 6) is -0.949. The molecule has 12 heavy (non-hydrogen) atoms. The van der Waals surface area contributed by atoms with Crippen LogP contribution in [0.1, 0.15) is 0 Å². The van der Waals surface area contributed by atoms with Crippen LogP contribution < -0.4 is 4.74 Å². The van der Waals surface area contributed by atoms with Crippen molar-refractivity contribution in [1.82, 2.24) is 4.98 Å². The second-order valence-corrected chi connectivity index (χ2v) is 2.55. The molecule has 1 heterocycles. The molecule has 0 fully saturated rings. The van der Waals surface area contributed by atoms with Gasteiger partial charge in [0, 0.05) is 6.07 Å². The van der Waals surface area contributed by atoms with E-state index in [1.807, 2.05) is 0 Å². The third kappa shape index (κ3) is 2.37. The van der Waals surface area contributed by atoms with Crippen molar-refractivity contribution in [2.75, 3.05) is 0 Å². The van der Waals surface area contributed by atoms with E-state index in [1.165, 1.54) is 0 Å². The molecule has 1 aromatic heterocycles. The molecule has 0 aliphatic carbocycles. The number of rotatable bonds is 2. The Morgan fingerprint density at radius 1 is 1.42 bits per heavy atom. The number of halogens is 4. The van der Waals surface area contributed by atoms with Crippen LogP contribution in [0.2, 0.25) is 0 Å². The fourth-order valence-corrected chi connectivity index (χ4v) is 0.864. The van der Waals surface area contributed by atoms with Crippen LogP contribution >= 0.6 is 15.9 Å². The molecular formula is C6H3BrF3NO. The Kier molecular flexibility index (Phi) is 2.91. The maximum atomic E-state index is 12.5. The van der Waals surface area contributed by atoms with Crippen molar-refractivity contribution in [2.24, 2.45) is 0 Å². The van der Waals surface area contributed by atoms with Crippen LogP contribution in [0.5, 0.6) is 5.88 Å². The summed E-state index contributed by atoms with van der Waals surface area (Å²) in [5.41, 5.74) is 0. The Hall–Kier alpha value is -0.780. The van der Waals surface area contributed by atoms with Crippen LogP contribution in [0.15, 0.2) is 16.7 Å². The SMILES string of the molecule is Fc1ccc(OC(F)F)nc1Br. The molecule has 0 saturated carbocycles. The molecular weight excluding hydrogens is 239 g/mol. The molecule has 6 heteroatoms. The topological polar surface area (TPSA) is 22.1 Å². The molecule has 0 N–H and O–H groups in total. The first-order valence-electron chi connectivity index (χ1n) is 2.86. The summed E-state index contributed by atoms with van der Waals surface area (Å²) in [7, 11) is 0. The van der Waals surface area contributed by atoms with Crippen molar-refractivity contribution in [2.45, 2.75) is 6.61 Å². The molecule has 0 unspecified atom stereocenters. The highest BCUT2D eigenvalue weighted by Crippen LogP contribution is 2.17. The van der Waals surface area contributed by atoms with Crippen molar-refractivity contribution in [3.05, 3.63) is 22.6 Å². The first-order chi connectivity index (χ1) is 5.59. The lowest BCUT2D eigenvalue weighted by atomic mass is 10.5. The van der Waals surface area contributed by atoms with E-state index in [-0.39, 0.29) is 10.5 Å². The number of hydrogen-bond donors (Lipinski definition) is 0. The number of hydrogen-bond acceptors (Lipinski definition) is 2. The molecule has 1 rings (SSSR count). The molecule has 1 aromatic rings. The van der Waals surface area contributed by atoms with E-state index in [9.17, 15) is 13.2 Å². The Morgan fingerprint density at radius 3 is 2.58 bits per heavy atom. The molecule has 0 amide bonds. The predicted octanol–water partition coefficient (Wildman–Crippen LogP) is 2.58. The molecule has 0 spiro atoms. The van der Waals surface area contributed by atoms with Gasteiger partial charge in [-0.25, -0.2) is 9.37 Å². The normalized spacial score (nSPS) is 10.4. The first kappa shape index (κ1) is 9.31. The highest BCUT2D eigenvalue weighted by atomic mass is 79.9. The van der Waals surface area contributed by atoms with Gasteiger partial charge < -0.3 is 4.74 Å². The van der Waals surface area contributed by atoms with E-state index in [0.717, 1.165) is 12.1 Å². The minimum absolute atomic E-state index is 0.152. The average Bonchev–Trinajstić information content (AvgIpc) is 1.96. The number of pyridine rings is 1. The minimum Gasteiger partial charge on any atom is -0.417 e. The van der Waals surface area contributed by atoms with E-state index < -0.39 is 12.4 Å². The molecule has 0 aliphatic rings. The molecule has 0 aliphatic heterocycles. The maximum absolute atomic E-state index is 12.5. The molecule has 0 aromatic carbocycles. The van der Waals surface area contributed by atoms with Gasteiger partial charge in [-0.05, 0) is 22.0 Å². The summed E-state index contributed by atoms with van der Waals surface area (Å²) in [6.45, 7) is -2.95. The minimum atomic E-state index is -2.95. The fraction of sp³-hybridized carbons (Fsp3) is 0.167. The molecule has 66 valence electrons. The summed E-state index contributed by atoms with van der Waals surface area (Å²) in [4.78, 5) is 3.35. The van der Waals surface area contributed by atoms with Crippen LogP contribution in [0, 0.1) is 5.82 Å². The van der Waals surface area contributed by atoms with Crippen molar-refractivity contribution < 1.29 is 17.9 Å². The number of nitrogens with zero attached hydrogens (tertiary/aromatic N) is 1. The molecule has 0 atom stereocenters. The van der Waals surface area contributed by atoms with Crippen LogP contribution in [0.4, 0.5) is 13.2 Å². The van der Waals surface area contributed by atoms with Crippen molar-refractivity contribution in [3.63, 3.8) is 0 Å². The van der Waals surface area contributed by atoms with Gasteiger partial charge in [0.1, 0.15) is 4.60 Å².